The van der Waals surface area contributed by atoms with Crippen molar-refractivity contribution in [1.82, 2.24) is 10.6 Å². The van der Waals surface area contributed by atoms with Gasteiger partial charge in [0.05, 0.1) is 15.2 Å². The van der Waals surface area contributed by atoms with Crippen molar-refractivity contribution in [3.05, 3.63) is 131 Å². The number of amides is 2. The van der Waals surface area contributed by atoms with Gasteiger partial charge in [0.25, 0.3) is 20.2 Å². The van der Waals surface area contributed by atoms with E-state index in [0.29, 0.717) is 68.1 Å². The van der Waals surface area contributed by atoms with Gasteiger partial charge in [0, 0.05) is 54.7 Å². The maximum absolute atomic E-state index is 12.5. The van der Waals surface area contributed by atoms with Crippen LogP contribution in [0.15, 0.2) is 129 Å². The van der Waals surface area contributed by atoms with E-state index in [1.165, 1.54) is 18.2 Å². The summed E-state index contributed by atoms with van der Waals surface area (Å²) in [6, 6.07) is 20.3. The Bertz CT molecular complexity index is 2520. The predicted octanol–water partition coefficient (Wildman–Crippen LogP) is 7.97. The Morgan fingerprint density at radius 1 is 0.857 bits per heavy atom. The van der Waals surface area contributed by atoms with Gasteiger partial charge in [0.1, 0.15) is 18.1 Å². The van der Waals surface area contributed by atoms with Gasteiger partial charge in [-0.05, 0) is 130 Å². The Balaban J connectivity index is 1.44. The SMILES string of the molecule is CC1(C)C(/C=C/C2=C(Oc3ccccc3)C(=C/C=C(/N)C(C)(C)c3cccc(S(=O)(=O)O)c3)/CCC2)=[N+](CCCCCC(=O)NCCCCCNC=O)c2ccc(S(=O)(=O)O)cc21. The van der Waals surface area contributed by atoms with E-state index in [-0.39, 0.29) is 15.7 Å². The molecule has 0 atom stereocenters. The molecule has 15 heteroatoms. The Hall–Kier alpha value is -5.35. The van der Waals surface area contributed by atoms with Crippen LogP contribution in [-0.2, 0) is 40.7 Å². The number of carbonyl (C=O) groups excluding carboxylic acids is 2. The molecular formula is C48H61N4O9S2+. The molecule has 0 unspecified atom stereocenters. The van der Waals surface area contributed by atoms with Gasteiger partial charge in [-0.15, -0.1) is 0 Å². The lowest BCUT2D eigenvalue weighted by Gasteiger charge is -2.27. The van der Waals surface area contributed by atoms with Crippen LogP contribution < -0.4 is 21.1 Å². The number of hydrogen-bond donors (Lipinski definition) is 5. The molecule has 1 heterocycles. The molecule has 0 spiro atoms. The van der Waals surface area contributed by atoms with E-state index >= 15 is 0 Å². The number of carbonyl (C=O) groups is 2. The lowest BCUT2D eigenvalue weighted by molar-refractivity contribution is -0.438. The van der Waals surface area contributed by atoms with E-state index < -0.39 is 31.1 Å². The lowest BCUT2D eigenvalue weighted by Crippen LogP contribution is -2.28. The van der Waals surface area contributed by atoms with Crippen LogP contribution in [0.5, 0.6) is 5.75 Å². The summed E-state index contributed by atoms with van der Waals surface area (Å²) in [5.41, 5.74) is 10.8. The summed E-state index contributed by atoms with van der Waals surface area (Å²) in [6.45, 7) is 9.68. The molecule has 6 N–H and O–H groups in total. The smallest absolute Gasteiger partial charge is 0.294 e. The fourth-order valence-corrected chi connectivity index (χ4v) is 8.97. The average molecular weight is 902 g/mol. The molecule has 63 heavy (non-hydrogen) atoms. The predicted molar refractivity (Wildman–Crippen MR) is 245 cm³/mol. The second kappa shape index (κ2) is 21.3. The zero-order valence-corrected chi connectivity index (χ0v) is 38.2. The molecule has 338 valence electrons. The van der Waals surface area contributed by atoms with Crippen molar-refractivity contribution in [3.8, 4) is 5.75 Å². The second-order valence-corrected chi connectivity index (χ2v) is 19.9. The molecule has 2 amide bonds. The minimum absolute atomic E-state index is 0.0108. The summed E-state index contributed by atoms with van der Waals surface area (Å²) in [5, 5.41) is 5.62. The third kappa shape index (κ3) is 12.9. The normalized spacial score (nSPS) is 16.4. The maximum atomic E-state index is 12.5. The molecule has 0 fully saturated rings. The number of ether oxygens (including phenoxy) is 1. The molecule has 0 saturated carbocycles. The minimum atomic E-state index is -4.45. The number of fused-ring (bicyclic) bond motifs is 1. The molecule has 2 aliphatic rings. The van der Waals surface area contributed by atoms with Gasteiger partial charge >= 0.3 is 0 Å². The fraction of sp³-hybridized carbons (Fsp3) is 0.396. The Labute approximate surface area is 372 Å². The van der Waals surface area contributed by atoms with Crippen LogP contribution in [0.3, 0.4) is 0 Å². The lowest BCUT2D eigenvalue weighted by atomic mass is 9.80. The highest BCUT2D eigenvalue weighted by molar-refractivity contribution is 7.86. The topological polar surface area (TPSA) is 205 Å². The van der Waals surface area contributed by atoms with Crippen molar-refractivity contribution in [3.63, 3.8) is 0 Å². The van der Waals surface area contributed by atoms with Gasteiger partial charge in [0.2, 0.25) is 18.0 Å². The molecule has 0 radical (unpaired) electrons. The van der Waals surface area contributed by atoms with Crippen LogP contribution in [0.25, 0.3) is 0 Å². The number of nitrogens with zero attached hydrogens (tertiary/aromatic N) is 1. The Morgan fingerprint density at radius 3 is 2.27 bits per heavy atom. The molecule has 0 aromatic heterocycles. The first kappa shape index (κ1) is 48.7. The third-order valence-electron chi connectivity index (χ3n) is 11.8. The molecule has 13 nitrogen and oxygen atoms in total. The van der Waals surface area contributed by atoms with E-state index in [1.807, 2.05) is 70.2 Å². The van der Waals surface area contributed by atoms with Crippen molar-refractivity contribution in [1.29, 1.82) is 0 Å². The largest absolute Gasteiger partial charge is 0.457 e. The maximum Gasteiger partial charge on any atom is 0.294 e. The van der Waals surface area contributed by atoms with Crippen molar-refractivity contribution >= 4 is 44.0 Å². The van der Waals surface area contributed by atoms with Gasteiger partial charge in [-0.25, -0.2) is 0 Å². The van der Waals surface area contributed by atoms with E-state index in [1.54, 1.807) is 24.3 Å². The quantitative estimate of drug-likeness (QED) is 0.0285. The summed E-state index contributed by atoms with van der Waals surface area (Å²) in [4.78, 5) is 22.5. The van der Waals surface area contributed by atoms with Gasteiger partial charge in [-0.2, -0.15) is 21.4 Å². The standard InChI is InChI=1S/C48H60N4O9S2/c1-47(2,37-18-15-21-39(32-37)62(55,56)57)43(49)27-23-35-16-14-17-36(46(35)61-38-19-8-5-9-20-38)24-28-44-48(3,4)41-33-40(63(58,59)60)25-26-42(41)52(44)31-13-6-10-22-45(54)51-30-12-7-11-29-50-34-53/h5,8-9,15,18-21,23-28,32-34,49H,6-7,10-14,16-17,22,29-31H2,1-4H3,(H4,50,51,53,54,55,56,57,58,59,60)/p+1. The van der Waals surface area contributed by atoms with E-state index in [4.69, 9.17) is 10.5 Å². The number of nitrogens with one attached hydrogen (secondary N) is 2. The molecule has 0 saturated heterocycles. The first-order chi connectivity index (χ1) is 29.8. The summed E-state index contributed by atoms with van der Waals surface area (Å²) in [7, 11) is -8.86. The molecular weight excluding hydrogens is 841 g/mol. The molecule has 0 bridgehead atoms. The van der Waals surface area contributed by atoms with E-state index in [0.717, 1.165) is 73.1 Å². The summed E-state index contributed by atoms with van der Waals surface area (Å²) in [5.74, 6) is 1.35. The van der Waals surface area contributed by atoms with Gasteiger partial charge in [-0.3, -0.25) is 18.7 Å². The average Bonchev–Trinajstić information content (AvgIpc) is 3.45. The van der Waals surface area contributed by atoms with Crippen LogP contribution in [-0.4, -0.2) is 68.2 Å². The second-order valence-electron chi connectivity index (χ2n) is 17.0. The third-order valence-corrected chi connectivity index (χ3v) is 13.5. The van der Waals surface area contributed by atoms with Crippen molar-refractivity contribution in [2.75, 3.05) is 19.6 Å². The zero-order valence-electron chi connectivity index (χ0n) is 36.6. The molecule has 3 aromatic carbocycles. The number of para-hydroxylation sites is 1. The molecule has 3 aromatic rings. The number of benzene rings is 3. The van der Waals surface area contributed by atoms with Crippen LogP contribution in [0.4, 0.5) is 5.69 Å². The van der Waals surface area contributed by atoms with E-state index in [2.05, 4.69) is 27.4 Å². The highest BCUT2D eigenvalue weighted by Gasteiger charge is 2.45. The van der Waals surface area contributed by atoms with Gasteiger partial charge in [-0.1, -0.05) is 50.3 Å². The number of hydrogen-bond acceptors (Lipinski definition) is 8. The number of allylic oxidation sites excluding steroid dienone is 7. The molecule has 5 rings (SSSR count). The van der Waals surface area contributed by atoms with E-state index in [9.17, 15) is 35.5 Å². The van der Waals surface area contributed by atoms with Gasteiger partial charge < -0.3 is 21.1 Å². The Morgan fingerprint density at radius 2 is 1.56 bits per heavy atom. The van der Waals surface area contributed by atoms with Crippen molar-refractivity contribution < 1.29 is 44.8 Å². The highest BCUT2D eigenvalue weighted by atomic mass is 32.2. The van der Waals surface area contributed by atoms with Crippen molar-refractivity contribution in [2.45, 2.75) is 113 Å². The first-order valence-corrected chi connectivity index (χ1v) is 24.3. The summed E-state index contributed by atoms with van der Waals surface area (Å²) >= 11 is 0. The Kier molecular flexibility index (Phi) is 16.5. The van der Waals surface area contributed by atoms with Gasteiger partial charge in [0.15, 0.2) is 5.71 Å². The number of unbranched alkanes of at least 4 members (excludes halogenated alkanes) is 4. The summed E-state index contributed by atoms with van der Waals surface area (Å²) < 4.78 is 76.8. The highest BCUT2D eigenvalue weighted by Crippen LogP contribution is 2.42. The molecule has 1 aliphatic heterocycles. The monoisotopic (exact) mass is 901 g/mol. The van der Waals surface area contributed by atoms with Crippen molar-refractivity contribution in [2.24, 2.45) is 5.73 Å². The molecule has 1 aliphatic carbocycles. The van der Waals surface area contributed by atoms with Crippen LogP contribution >= 0.6 is 0 Å². The van der Waals surface area contributed by atoms with Crippen LogP contribution in [0.1, 0.15) is 103 Å². The van der Waals surface area contributed by atoms with Crippen LogP contribution in [0.2, 0.25) is 0 Å². The fourth-order valence-electron chi connectivity index (χ4n) is 7.94. The summed E-state index contributed by atoms with van der Waals surface area (Å²) in [6.07, 6.45) is 16.1. The number of rotatable bonds is 22. The first-order valence-electron chi connectivity index (χ1n) is 21.4. The zero-order chi connectivity index (χ0) is 45.8. The number of nitrogens with two attached hydrogens (primary N) is 1. The van der Waals surface area contributed by atoms with Crippen LogP contribution in [0, 0.1) is 0 Å². The minimum Gasteiger partial charge on any atom is -0.457 e.